The van der Waals surface area contributed by atoms with Gasteiger partial charge in [0, 0.05) is 12.8 Å². The van der Waals surface area contributed by atoms with Crippen LogP contribution in [0.2, 0.25) is 0 Å². The summed E-state index contributed by atoms with van der Waals surface area (Å²) in [7, 11) is -3.82. The molecule has 0 aliphatic carbocycles. The summed E-state index contributed by atoms with van der Waals surface area (Å²) < 4.78 is 40.2. The summed E-state index contributed by atoms with van der Waals surface area (Å²) >= 11 is 0. The number of hydrogen-bond acceptors (Lipinski definition) is 8. The second-order valence-corrected chi connectivity index (χ2v) is 16.1. The Kier molecular flexibility index (Phi) is 39.1. The minimum absolute atomic E-state index is 0.145. The van der Waals surface area contributed by atoms with Crippen LogP contribution in [-0.4, -0.2) is 44.5 Å². The number of rotatable bonds is 41. The molecule has 0 saturated carbocycles. The highest BCUT2D eigenvalue weighted by atomic mass is 31.2. The summed E-state index contributed by atoms with van der Waals surface area (Å²) in [4.78, 5) is 25.2. The van der Waals surface area contributed by atoms with Crippen LogP contribution >= 0.6 is 7.82 Å². The number of ether oxygens (including phenoxy) is 2. The van der Waals surface area contributed by atoms with E-state index in [0.717, 1.165) is 64.2 Å². The average Bonchev–Trinajstić information content (AvgIpc) is 3.15. The van der Waals surface area contributed by atoms with E-state index in [2.05, 4.69) is 38.2 Å². The third-order valence-electron chi connectivity index (χ3n) is 9.17. The highest BCUT2D eigenvalue weighted by Gasteiger charge is 2.29. The predicted octanol–water partition coefficient (Wildman–Crippen LogP) is 14.1. The zero-order valence-corrected chi connectivity index (χ0v) is 35.8. The molecule has 9 heteroatoms. The fourth-order valence-electron chi connectivity index (χ4n) is 5.95. The summed E-state index contributed by atoms with van der Waals surface area (Å²) in [5, 5.41) is 0. The largest absolute Gasteiger partial charge is 0.474 e. The molecule has 0 radical (unpaired) electrons. The van der Waals surface area contributed by atoms with Gasteiger partial charge in [-0.25, -0.2) is 4.57 Å². The molecule has 0 rings (SSSR count). The second kappa shape index (κ2) is 40.2. The van der Waals surface area contributed by atoms with Gasteiger partial charge in [-0.2, -0.15) is 0 Å². The van der Waals surface area contributed by atoms with Gasteiger partial charge in [0.15, 0.2) is 6.10 Å². The smallest absolute Gasteiger partial charge is 0.462 e. The van der Waals surface area contributed by atoms with E-state index in [4.69, 9.17) is 23.0 Å². The standard InChI is InChI=1S/C44H83O8P/c1-5-9-11-13-15-17-19-21-23-25-27-29-31-33-35-37-43(45)48-40-42(41-51-53(47,49-8-4)50-39-7-3)52-44(46)38-36-34-32-30-28-26-24-22-20-18-16-14-12-10-6-2/h21-24,42H,5-20,25-41H2,1-4H3/b23-21-,24-22-. The number of unbranched alkanes of at least 4 members (excludes halogenated alkanes) is 22. The lowest BCUT2D eigenvalue weighted by atomic mass is 10.1. The number of allylic oxidation sites excluding steroid dienone is 4. The van der Waals surface area contributed by atoms with Crippen molar-refractivity contribution in [1.29, 1.82) is 0 Å². The fraction of sp³-hybridized carbons (Fsp3) is 0.864. The SMILES string of the molecule is CCCCCCCC/C=C\CCCCCCCC(=O)OCC(COP(=O)(OCC)OCCC)OC(=O)CCCCCCC/C=C\CCCCCCCC. The van der Waals surface area contributed by atoms with Gasteiger partial charge in [0.2, 0.25) is 0 Å². The van der Waals surface area contributed by atoms with Crippen molar-refractivity contribution < 1.29 is 37.2 Å². The Morgan fingerprint density at radius 2 is 0.887 bits per heavy atom. The lowest BCUT2D eigenvalue weighted by Gasteiger charge is -2.22. The van der Waals surface area contributed by atoms with Crippen molar-refractivity contribution >= 4 is 19.8 Å². The molecule has 312 valence electrons. The van der Waals surface area contributed by atoms with E-state index >= 15 is 0 Å². The van der Waals surface area contributed by atoms with Crippen LogP contribution in [0.1, 0.15) is 214 Å². The average molecular weight is 771 g/mol. The topological polar surface area (TPSA) is 97.4 Å². The van der Waals surface area contributed by atoms with Gasteiger partial charge >= 0.3 is 19.8 Å². The van der Waals surface area contributed by atoms with Crippen LogP contribution < -0.4 is 0 Å². The summed E-state index contributed by atoms with van der Waals surface area (Å²) in [6.45, 7) is 8.04. The zero-order valence-electron chi connectivity index (χ0n) is 34.9. The van der Waals surface area contributed by atoms with Crippen molar-refractivity contribution in [2.24, 2.45) is 0 Å². The lowest BCUT2D eigenvalue weighted by Crippen LogP contribution is -2.29. The molecule has 0 aromatic carbocycles. The molecular weight excluding hydrogens is 687 g/mol. The molecule has 0 fully saturated rings. The fourth-order valence-corrected chi connectivity index (χ4v) is 7.24. The van der Waals surface area contributed by atoms with Crippen molar-refractivity contribution in [3.8, 4) is 0 Å². The van der Waals surface area contributed by atoms with Gasteiger partial charge in [0.25, 0.3) is 0 Å². The van der Waals surface area contributed by atoms with Crippen molar-refractivity contribution in [3.05, 3.63) is 24.3 Å². The van der Waals surface area contributed by atoms with E-state index < -0.39 is 13.9 Å². The normalized spacial score (nSPS) is 13.5. The van der Waals surface area contributed by atoms with Crippen molar-refractivity contribution in [2.75, 3.05) is 26.4 Å². The Bertz CT molecular complexity index is 921. The van der Waals surface area contributed by atoms with E-state index in [1.165, 1.54) is 103 Å². The van der Waals surface area contributed by atoms with E-state index in [-0.39, 0.29) is 44.8 Å². The monoisotopic (exact) mass is 771 g/mol. The van der Waals surface area contributed by atoms with Crippen molar-refractivity contribution in [2.45, 2.75) is 220 Å². The van der Waals surface area contributed by atoms with Gasteiger partial charge in [-0.3, -0.25) is 23.2 Å². The number of carbonyl (C=O) groups excluding carboxylic acids is 2. The van der Waals surface area contributed by atoms with E-state index in [1.54, 1.807) is 6.92 Å². The molecule has 0 aliphatic heterocycles. The van der Waals surface area contributed by atoms with Crippen molar-refractivity contribution in [1.82, 2.24) is 0 Å². The molecule has 53 heavy (non-hydrogen) atoms. The quantitative estimate of drug-likeness (QED) is 0.0262. The first-order chi connectivity index (χ1) is 25.9. The number of hydrogen-bond donors (Lipinski definition) is 0. The molecule has 0 aromatic heterocycles. The number of esters is 2. The van der Waals surface area contributed by atoms with Crippen LogP contribution in [-0.2, 0) is 37.2 Å². The number of carbonyl (C=O) groups is 2. The molecule has 0 spiro atoms. The third-order valence-corrected chi connectivity index (χ3v) is 10.7. The minimum Gasteiger partial charge on any atom is -0.462 e. The van der Waals surface area contributed by atoms with Gasteiger partial charge in [-0.1, -0.05) is 148 Å². The molecular formula is C44H83O8P. The summed E-state index contributed by atoms with van der Waals surface area (Å²) in [5.74, 6) is -0.721. The van der Waals surface area contributed by atoms with Crippen LogP contribution in [0.15, 0.2) is 24.3 Å². The first kappa shape index (κ1) is 51.5. The van der Waals surface area contributed by atoms with Gasteiger partial charge in [-0.15, -0.1) is 0 Å². The Hall–Kier alpha value is -1.47. The first-order valence-electron chi connectivity index (χ1n) is 22.1. The molecule has 0 saturated heterocycles. The van der Waals surface area contributed by atoms with Crippen LogP contribution in [0.3, 0.4) is 0 Å². The Labute approximate surface area is 326 Å². The molecule has 0 heterocycles. The predicted molar refractivity (Wildman–Crippen MR) is 221 cm³/mol. The number of phosphoric ester groups is 1. The van der Waals surface area contributed by atoms with Gasteiger partial charge in [0.05, 0.1) is 19.8 Å². The summed E-state index contributed by atoms with van der Waals surface area (Å²) in [5.41, 5.74) is 0. The van der Waals surface area contributed by atoms with E-state index in [9.17, 15) is 14.2 Å². The molecule has 0 aromatic rings. The molecule has 2 unspecified atom stereocenters. The highest BCUT2D eigenvalue weighted by molar-refractivity contribution is 7.48. The Morgan fingerprint density at radius 1 is 0.472 bits per heavy atom. The first-order valence-corrected chi connectivity index (χ1v) is 23.5. The molecule has 0 bridgehead atoms. The van der Waals surface area contributed by atoms with Crippen LogP contribution in [0.5, 0.6) is 0 Å². The maximum absolute atomic E-state index is 13.0. The van der Waals surface area contributed by atoms with Gasteiger partial charge < -0.3 is 9.47 Å². The molecule has 2 atom stereocenters. The molecule has 8 nitrogen and oxygen atoms in total. The van der Waals surface area contributed by atoms with Crippen LogP contribution in [0.25, 0.3) is 0 Å². The second-order valence-electron chi connectivity index (χ2n) is 14.5. The Balaban J connectivity index is 4.37. The van der Waals surface area contributed by atoms with Crippen LogP contribution in [0.4, 0.5) is 0 Å². The molecule has 0 aliphatic rings. The molecule has 0 amide bonds. The van der Waals surface area contributed by atoms with E-state index in [0.29, 0.717) is 12.8 Å². The summed E-state index contributed by atoms with van der Waals surface area (Å²) in [6.07, 6.45) is 40.5. The highest BCUT2D eigenvalue weighted by Crippen LogP contribution is 2.49. The minimum atomic E-state index is -3.82. The maximum atomic E-state index is 13.0. The van der Waals surface area contributed by atoms with Crippen molar-refractivity contribution in [3.63, 3.8) is 0 Å². The lowest BCUT2D eigenvalue weighted by molar-refractivity contribution is -0.161. The number of phosphoric acid groups is 1. The third kappa shape index (κ3) is 37.2. The zero-order chi connectivity index (χ0) is 38.9. The van der Waals surface area contributed by atoms with Gasteiger partial charge in [0.1, 0.15) is 6.61 Å². The van der Waals surface area contributed by atoms with Crippen LogP contribution in [0, 0.1) is 0 Å². The summed E-state index contributed by atoms with van der Waals surface area (Å²) in [6, 6.07) is 0. The van der Waals surface area contributed by atoms with Gasteiger partial charge in [-0.05, 0) is 77.6 Å². The van der Waals surface area contributed by atoms with E-state index in [1.807, 2.05) is 6.92 Å². The molecule has 0 N–H and O–H groups in total. The Morgan fingerprint density at radius 3 is 1.32 bits per heavy atom. The maximum Gasteiger partial charge on any atom is 0.474 e.